The molecule has 1 aromatic heterocycles. The van der Waals surface area contributed by atoms with Gasteiger partial charge >= 0.3 is 0 Å². The van der Waals surface area contributed by atoms with Gasteiger partial charge in [0.15, 0.2) is 0 Å². The van der Waals surface area contributed by atoms with Crippen molar-refractivity contribution in [1.29, 1.82) is 0 Å². The first-order valence-corrected chi connectivity index (χ1v) is 5.96. The first-order valence-electron chi connectivity index (χ1n) is 5.96. The van der Waals surface area contributed by atoms with Crippen molar-refractivity contribution in [1.82, 2.24) is 9.97 Å². The van der Waals surface area contributed by atoms with Gasteiger partial charge in [-0.25, -0.2) is 0 Å². The molecule has 1 saturated carbocycles. The van der Waals surface area contributed by atoms with E-state index in [0.717, 1.165) is 31.7 Å². The van der Waals surface area contributed by atoms with Gasteiger partial charge in [-0.3, -0.25) is 0 Å². The summed E-state index contributed by atoms with van der Waals surface area (Å²) < 4.78 is 0. The van der Waals surface area contributed by atoms with Crippen molar-refractivity contribution in [3.05, 3.63) is 6.07 Å². The smallest absolute Gasteiger partial charge is 0.223 e. The van der Waals surface area contributed by atoms with E-state index >= 15 is 0 Å². The number of aliphatic hydroxyl groups excluding tert-OH is 1. The quantitative estimate of drug-likeness (QED) is 0.625. The highest BCUT2D eigenvalue weighted by molar-refractivity contribution is 5.51. The molecule has 0 aromatic carbocycles. The van der Waals surface area contributed by atoms with E-state index in [-0.39, 0.29) is 12.1 Å². The van der Waals surface area contributed by atoms with Crippen LogP contribution in [0.1, 0.15) is 12.8 Å². The number of nitrogens with two attached hydrogens (primary N) is 2. The van der Waals surface area contributed by atoms with Crippen molar-refractivity contribution >= 4 is 17.6 Å². The molecule has 1 aliphatic carbocycles. The lowest BCUT2D eigenvalue weighted by Crippen LogP contribution is -2.25. The van der Waals surface area contributed by atoms with Crippen LogP contribution in [0.3, 0.4) is 0 Å². The molecule has 2 heterocycles. The molecule has 3 rings (SSSR count). The Hall–Kier alpha value is -1.56. The SMILES string of the molecule is Nc1cc(N2CC3CCC(O)C3C2)nc(N)n1. The highest BCUT2D eigenvalue weighted by Gasteiger charge is 2.42. The molecule has 6 nitrogen and oxygen atoms in total. The zero-order chi connectivity index (χ0) is 12.0. The summed E-state index contributed by atoms with van der Waals surface area (Å²) in [6, 6.07) is 1.74. The summed E-state index contributed by atoms with van der Waals surface area (Å²) in [6.45, 7) is 1.76. The molecule has 92 valence electrons. The number of nitrogens with zero attached hydrogens (tertiary/aromatic N) is 3. The zero-order valence-electron chi connectivity index (χ0n) is 9.58. The summed E-state index contributed by atoms with van der Waals surface area (Å²) in [6.07, 6.45) is 1.86. The van der Waals surface area contributed by atoms with Crippen molar-refractivity contribution in [3.63, 3.8) is 0 Å². The predicted octanol–water partition coefficient (Wildman–Crippen LogP) is -0.152. The van der Waals surface area contributed by atoms with Crippen molar-refractivity contribution in [2.45, 2.75) is 18.9 Å². The van der Waals surface area contributed by atoms with Gasteiger partial charge in [0.1, 0.15) is 11.6 Å². The maximum Gasteiger partial charge on any atom is 0.223 e. The highest BCUT2D eigenvalue weighted by Crippen LogP contribution is 2.39. The maximum absolute atomic E-state index is 9.86. The van der Waals surface area contributed by atoms with Gasteiger partial charge in [-0.05, 0) is 18.8 Å². The van der Waals surface area contributed by atoms with Crippen LogP contribution in [0, 0.1) is 11.8 Å². The van der Waals surface area contributed by atoms with E-state index in [9.17, 15) is 5.11 Å². The molecule has 1 aromatic rings. The van der Waals surface area contributed by atoms with Crippen LogP contribution in [0.15, 0.2) is 6.07 Å². The molecule has 2 fully saturated rings. The van der Waals surface area contributed by atoms with E-state index in [1.165, 1.54) is 0 Å². The normalized spacial score (nSPS) is 31.8. The molecule has 0 spiro atoms. The Bertz CT molecular complexity index is 418. The molecule has 0 bridgehead atoms. The minimum absolute atomic E-state index is 0.165. The summed E-state index contributed by atoms with van der Waals surface area (Å²) in [4.78, 5) is 10.2. The van der Waals surface area contributed by atoms with Gasteiger partial charge in [0.2, 0.25) is 5.95 Å². The number of hydrogen-bond donors (Lipinski definition) is 3. The van der Waals surface area contributed by atoms with Gasteiger partial charge in [-0.1, -0.05) is 0 Å². The number of nitrogen functional groups attached to an aromatic ring is 2. The van der Waals surface area contributed by atoms with E-state index in [4.69, 9.17) is 11.5 Å². The topological polar surface area (TPSA) is 101 Å². The fourth-order valence-electron chi connectivity index (χ4n) is 3.06. The van der Waals surface area contributed by atoms with E-state index in [0.29, 0.717) is 17.7 Å². The minimum Gasteiger partial charge on any atom is -0.393 e. The van der Waals surface area contributed by atoms with Gasteiger partial charge in [0, 0.05) is 25.1 Å². The summed E-state index contributed by atoms with van der Waals surface area (Å²) >= 11 is 0. The Morgan fingerprint density at radius 3 is 2.76 bits per heavy atom. The van der Waals surface area contributed by atoms with E-state index in [1.54, 1.807) is 6.07 Å². The Morgan fingerprint density at radius 1 is 1.24 bits per heavy atom. The standard InChI is InChI=1S/C11H17N5O/c12-9-3-10(15-11(13)14-9)16-4-6-1-2-8(17)7(6)5-16/h3,6-8,17H,1-2,4-5H2,(H4,12,13,14,15). The second-order valence-electron chi connectivity index (χ2n) is 4.98. The van der Waals surface area contributed by atoms with E-state index in [2.05, 4.69) is 14.9 Å². The first kappa shape index (κ1) is 10.6. The fraction of sp³-hybridized carbons (Fsp3) is 0.636. The first-order chi connectivity index (χ1) is 8.13. The van der Waals surface area contributed by atoms with Crippen LogP contribution >= 0.6 is 0 Å². The third-order valence-corrected chi connectivity index (χ3v) is 3.89. The summed E-state index contributed by atoms with van der Waals surface area (Å²) in [5.41, 5.74) is 11.3. The van der Waals surface area contributed by atoms with Crippen LogP contribution in [0.25, 0.3) is 0 Å². The largest absolute Gasteiger partial charge is 0.393 e. The van der Waals surface area contributed by atoms with E-state index in [1.807, 2.05) is 0 Å². The van der Waals surface area contributed by atoms with Crippen molar-refractivity contribution < 1.29 is 5.11 Å². The number of fused-ring (bicyclic) bond motifs is 1. The third-order valence-electron chi connectivity index (χ3n) is 3.89. The molecule has 0 amide bonds. The molecule has 5 N–H and O–H groups in total. The lowest BCUT2D eigenvalue weighted by Gasteiger charge is -2.19. The zero-order valence-corrected chi connectivity index (χ0v) is 9.58. The summed E-state index contributed by atoms with van der Waals surface area (Å²) in [5, 5.41) is 9.86. The van der Waals surface area contributed by atoms with Crippen molar-refractivity contribution in [2.24, 2.45) is 11.8 Å². The van der Waals surface area contributed by atoms with Crippen LogP contribution in [0.2, 0.25) is 0 Å². The van der Waals surface area contributed by atoms with Crippen LogP contribution in [-0.4, -0.2) is 34.3 Å². The predicted molar refractivity (Wildman–Crippen MR) is 65.3 cm³/mol. The van der Waals surface area contributed by atoms with Gasteiger partial charge < -0.3 is 21.5 Å². The monoisotopic (exact) mass is 235 g/mol. The van der Waals surface area contributed by atoms with Crippen LogP contribution in [0.5, 0.6) is 0 Å². The van der Waals surface area contributed by atoms with Crippen LogP contribution < -0.4 is 16.4 Å². The lowest BCUT2D eigenvalue weighted by molar-refractivity contribution is 0.133. The number of rotatable bonds is 1. The average Bonchev–Trinajstić information content (AvgIpc) is 2.80. The highest BCUT2D eigenvalue weighted by atomic mass is 16.3. The van der Waals surface area contributed by atoms with E-state index < -0.39 is 0 Å². The molecule has 3 atom stereocenters. The Labute approximate surface area is 99.6 Å². The fourth-order valence-corrected chi connectivity index (χ4v) is 3.06. The number of anilines is 3. The molecule has 6 heteroatoms. The number of hydrogen-bond acceptors (Lipinski definition) is 6. The molecule has 3 unspecified atom stereocenters. The number of aromatic nitrogens is 2. The van der Waals surface area contributed by atoms with Crippen molar-refractivity contribution in [2.75, 3.05) is 29.5 Å². The molecule has 0 radical (unpaired) electrons. The summed E-state index contributed by atoms with van der Waals surface area (Å²) in [5.74, 6) is 2.31. The Kier molecular flexibility index (Phi) is 2.32. The van der Waals surface area contributed by atoms with Gasteiger partial charge in [0.25, 0.3) is 0 Å². The van der Waals surface area contributed by atoms with Crippen LogP contribution in [-0.2, 0) is 0 Å². The minimum atomic E-state index is -0.165. The van der Waals surface area contributed by atoms with Crippen molar-refractivity contribution in [3.8, 4) is 0 Å². The average molecular weight is 235 g/mol. The molecular weight excluding hydrogens is 218 g/mol. The molecular formula is C11H17N5O. The second-order valence-corrected chi connectivity index (χ2v) is 4.98. The molecule has 17 heavy (non-hydrogen) atoms. The number of aliphatic hydroxyl groups is 1. The van der Waals surface area contributed by atoms with Gasteiger partial charge in [-0.2, -0.15) is 9.97 Å². The molecule has 1 aliphatic heterocycles. The summed E-state index contributed by atoms with van der Waals surface area (Å²) in [7, 11) is 0. The molecule has 2 aliphatic rings. The molecule has 1 saturated heterocycles. The third kappa shape index (κ3) is 1.78. The van der Waals surface area contributed by atoms with Gasteiger partial charge in [-0.15, -0.1) is 0 Å². The lowest BCUT2D eigenvalue weighted by atomic mass is 10.00. The van der Waals surface area contributed by atoms with Crippen LogP contribution in [0.4, 0.5) is 17.6 Å². The van der Waals surface area contributed by atoms with Gasteiger partial charge in [0.05, 0.1) is 6.10 Å². The maximum atomic E-state index is 9.86. The Balaban J connectivity index is 1.82. The second kappa shape index (κ2) is 3.73. The Morgan fingerprint density at radius 2 is 2.06 bits per heavy atom.